The Morgan fingerprint density at radius 3 is 2.27 bits per heavy atom. The Morgan fingerprint density at radius 1 is 0.784 bits per heavy atom. The molecule has 9 nitrogen and oxygen atoms in total. The molecule has 0 aromatic heterocycles. The SMILES string of the molecule is O=C1OC(=[NH+]c2cccc3ccccc23)c2ccccc2/C1=C/c1ccc2c(c1)OCO2.[O-][Cl+3]([O-])([O-])[O-]. The van der Waals surface area contributed by atoms with Gasteiger partial charge in [0.25, 0.3) is 0 Å². The third-order valence-corrected chi connectivity index (χ3v) is 5.62. The lowest BCUT2D eigenvalue weighted by Gasteiger charge is -2.17. The second kappa shape index (κ2) is 10.0. The van der Waals surface area contributed by atoms with Crippen LogP contribution in [0.5, 0.6) is 11.5 Å². The van der Waals surface area contributed by atoms with Crippen molar-refractivity contribution >= 4 is 40.0 Å². The lowest BCUT2D eigenvalue weighted by molar-refractivity contribution is -2.00. The maximum atomic E-state index is 13.1. The van der Waals surface area contributed by atoms with E-state index in [9.17, 15) is 4.79 Å². The highest BCUT2D eigenvalue weighted by molar-refractivity contribution is 6.29. The van der Waals surface area contributed by atoms with Crippen LogP contribution in [0.3, 0.4) is 0 Å². The molecule has 0 spiro atoms. The van der Waals surface area contributed by atoms with Crippen LogP contribution in [0.2, 0.25) is 0 Å². The molecule has 0 unspecified atom stereocenters. The fraction of sp³-hybridized carbons (Fsp3) is 0.0370. The van der Waals surface area contributed by atoms with Crippen molar-refractivity contribution in [2.45, 2.75) is 0 Å². The molecule has 37 heavy (non-hydrogen) atoms. The molecule has 0 atom stereocenters. The van der Waals surface area contributed by atoms with Crippen LogP contribution in [0.4, 0.5) is 5.69 Å². The number of cyclic esters (lactones) is 1. The maximum absolute atomic E-state index is 13.1. The fourth-order valence-electron chi connectivity index (χ4n) is 4.08. The van der Waals surface area contributed by atoms with Crippen molar-refractivity contribution in [2.75, 3.05) is 6.79 Å². The third kappa shape index (κ3) is 5.61. The number of nitrogens with one attached hydrogen (secondary N) is 1. The summed E-state index contributed by atoms with van der Waals surface area (Å²) < 4.78 is 50.6. The van der Waals surface area contributed by atoms with Gasteiger partial charge in [0.05, 0.1) is 16.5 Å². The van der Waals surface area contributed by atoms with E-state index in [1.807, 2.05) is 78.9 Å². The van der Waals surface area contributed by atoms with Crippen LogP contribution in [0, 0.1) is 10.2 Å². The highest BCUT2D eigenvalue weighted by Gasteiger charge is 2.32. The summed E-state index contributed by atoms with van der Waals surface area (Å²) in [5.74, 6) is 1.38. The Hall–Kier alpha value is -4.25. The first kappa shape index (κ1) is 24.4. The smallest absolute Gasteiger partial charge is 0.382 e. The number of carbonyl (C=O) groups is 1. The molecule has 10 heteroatoms. The minimum absolute atomic E-state index is 0.207. The predicted octanol–water partition coefficient (Wildman–Crippen LogP) is -0.931. The largest absolute Gasteiger partial charge is 0.454 e. The molecule has 2 heterocycles. The molecule has 0 fully saturated rings. The van der Waals surface area contributed by atoms with Gasteiger partial charge in [0.15, 0.2) is 11.5 Å². The number of halogens is 1. The Morgan fingerprint density at radius 2 is 1.46 bits per heavy atom. The Labute approximate surface area is 212 Å². The number of fused-ring (bicyclic) bond motifs is 3. The van der Waals surface area contributed by atoms with Crippen molar-refractivity contribution < 1.29 is 52.9 Å². The van der Waals surface area contributed by atoms with Gasteiger partial charge in [-0.3, -0.25) is 0 Å². The van der Waals surface area contributed by atoms with Crippen LogP contribution in [0.15, 0.2) is 84.9 Å². The molecule has 2 aliphatic heterocycles. The molecule has 0 saturated heterocycles. The summed E-state index contributed by atoms with van der Waals surface area (Å²) >= 11 is 0. The lowest BCUT2D eigenvalue weighted by Crippen LogP contribution is -2.68. The minimum atomic E-state index is -4.94. The van der Waals surface area contributed by atoms with Crippen molar-refractivity contribution in [3.8, 4) is 11.5 Å². The van der Waals surface area contributed by atoms with Gasteiger partial charge in [0, 0.05) is 11.6 Å². The van der Waals surface area contributed by atoms with Crippen molar-refractivity contribution in [3.05, 3.63) is 102 Å². The molecule has 186 valence electrons. The Kier molecular flexibility index (Phi) is 6.62. The zero-order valence-corrected chi connectivity index (χ0v) is 19.8. The van der Waals surface area contributed by atoms with Crippen LogP contribution in [-0.2, 0) is 9.53 Å². The molecule has 0 bridgehead atoms. The Bertz CT molecular complexity index is 1550. The molecule has 0 amide bonds. The zero-order chi connectivity index (χ0) is 26.0. The van der Waals surface area contributed by atoms with Gasteiger partial charge in [-0.15, -0.1) is 10.2 Å². The molecule has 1 N–H and O–H groups in total. The molecule has 0 saturated carbocycles. The molecule has 0 radical (unpaired) electrons. The standard InChI is InChI=1S/C27H17NO4.ClHO4/c29-27-22(14-17-12-13-24-25(15-17)31-16-30-24)20-9-3-4-10-21(20)26(32-27)28-23-11-5-7-18-6-1-2-8-19(18)23;2-1(3,4)5/h1-15H,16H2;(H,2,3,4,5)/b22-14-,28-26?;. The highest BCUT2D eigenvalue weighted by Crippen LogP contribution is 2.35. The van der Waals surface area contributed by atoms with E-state index in [-0.39, 0.29) is 6.79 Å². The second-order valence-electron chi connectivity index (χ2n) is 7.96. The van der Waals surface area contributed by atoms with E-state index in [2.05, 4.69) is 17.1 Å². The maximum Gasteiger partial charge on any atom is 0.382 e. The topological polar surface area (TPSA) is 151 Å². The molecule has 2 aliphatic rings. The minimum Gasteiger partial charge on any atom is -0.454 e. The quantitative estimate of drug-likeness (QED) is 0.263. The van der Waals surface area contributed by atoms with Crippen LogP contribution >= 0.6 is 0 Å². The predicted molar refractivity (Wildman–Crippen MR) is 122 cm³/mol. The average molecular weight is 520 g/mol. The van der Waals surface area contributed by atoms with E-state index >= 15 is 0 Å². The number of hydrogen-bond acceptors (Lipinski definition) is 8. The van der Waals surface area contributed by atoms with E-state index < -0.39 is 16.2 Å². The molecule has 4 aromatic carbocycles. The number of esters is 1. The highest BCUT2D eigenvalue weighted by atomic mass is 35.7. The van der Waals surface area contributed by atoms with Crippen molar-refractivity contribution in [3.63, 3.8) is 0 Å². The third-order valence-electron chi connectivity index (χ3n) is 5.62. The van der Waals surface area contributed by atoms with Gasteiger partial charge >= 0.3 is 11.9 Å². The van der Waals surface area contributed by atoms with Crippen LogP contribution in [-0.4, -0.2) is 18.7 Å². The van der Waals surface area contributed by atoms with Crippen molar-refractivity contribution in [1.29, 1.82) is 0 Å². The summed E-state index contributed by atoms with van der Waals surface area (Å²) in [5.41, 5.74) is 3.84. The van der Waals surface area contributed by atoms with Gasteiger partial charge in [0.1, 0.15) is 0 Å². The molecule has 4 aromatic rings. The summed E-state index contributed by atoms with van der Waals surface area (Å²) in [4.78, 5) is 16.4. The summed E-state index contributed by atoms with van der Waals surface area (Å²) in [6.07, 6.45) is 1.82. The van der Waals surface area contributed by atoms with Gasteiger partial charge < -0.3 is 14.2 Å². The summed E-state index contributed by atoms with van der Waals surface area (Å²) in [7, 11) is -4.94. The van der Waals surface area contributed by atoms with Gasteiger partial charge in [-0.1, -0.05) is 54.6 Å². The first-order valence-electron chi connectivity index (χ1n) is 10.9. The van der Waals surface area contributed by atoms with E-state index in [1.165, 1.54) is 0 Å². The molecule has 6 rings (SSSR count). The number of ether oxygens (including phenoxy) is 3. The zero-order valence-electron chi connectivity index (χ0n) is 19.0. The van der Waals surface area contributed by atoms with E-state index in [0.717, 1.165) is 33.2 Å². The van der Waals surface area contributed by atoms with Crippen LogP contribution < -0.4 is 33.1 Å². The van der Waals surface area contributed by atoms with Crippen molar-refractivity contribution in [1.82, 2.24) is 0 Å². The molecule has 0 aliphatic carbocycles. The average Bonchev–Trinajstić information content (AvgIpc) is 3.34. The fourth-order valence-corrected chi connectivity index (χ4v) is 4.08. The second-order valence-corrected chi connectivity index (χ2v) is 8.72. The van der Waals surface area contributed by atoms with Crippen LogP contribution in [0.25, 0.3) is 22.4 Å². The van der Waals surface area contributed by atoms with Crippen LogP contribution in [0.1, 0.15) is 16.7 Å². The monoisotopic (exact) mass is 519 g/mol. The van der Waals surface area contributed by atoms with E-state index in [4.69, 9.17) is 32.8 Å². The number of benzene rings is 4. The summed E-state index contributed by atoms with van der Waals surface area (Å²) in [6.45, 7) is 0.207. The van der Waals surface area contributed by atoms with Gasteiger partial charge in [-0.25, -0.2) is 23.4 Å². The number of carbonyl (C=O) groups excluding carboxylic acids is 1. The van der Waals surface area contributed by atoms with Gasteiger partial charge in [-0.2, -0.15) is 4.99 Å². The van der Waals surface area contributed by atoms with E-state index in [0.29, 0.717) is 23.0 Å². The number of rotatable bonds is 2. The normalized spacial score (nSPS) is 16.3. The number of hydrogen-bond donors (Lipinski definition) is 1. The van der Waals surface area contributed by atoms with Gasteiger partial charge in [0.2, 0.25) is 12.5 Å². The Balaban J connectivity index is 0.000000514. The van der Waals surface area contributed by atoms with Gasteiger partial charge in [-0.05, 0) is 41.3 Å². The molecular formula is C27H18ClNO8. The summed E-state index contributed by atoms with van der Waals surface area (Å²) in [6, 6.07) is 27.4. The summed E-state index contributed by atoms with van der Waals surface area (Å²) in [5, 5.41) is 2.16. The first-order valence-corrected chi connectivity index (χ1v) is 12.2. The van der Waals surface area contributed by atoms with Crippen molar-refractivity contribution in [2.24, 2.45) is 0 Å². The first-order chi connectivity index (χ1) is 17.8. The van der Waals surface area contributed by atoms with E-state index in [1.54, 1.807) is 0 Å². The lowest BCUT2D eigenvalue weighted by atomic mass is 9.95. The molecular weight excluding hydrogens is 502 g/mol.